The number of fused-ring (bicyclic) bond motifs is 5. The molecule has 0 aromatic heterocycles. The van der Waals surface area contributed by atoms with Crippen molar-refractivity contribution in [3.8, 4) is 33.4 Å². The van der Waals surface area contributed by atoms with Gasteiger partial charge < -0.3 is 4.90 Å². The predicted octanol–water partition coefficient (Wildman–Crippen LogP) is 18.8. The van der Waals surface area contributed by atoms with Gasteiger partial charge in [0.15, 0.2) is 0 Å². The van der Waals surface area contributed by atoms with Crippen molar-refractivity contribution in [1.82, 2.24) is 0 Å². The smallest absolute Gasteiger partial charge is 0.126 e. The van der Waals surface area contributed by atoms with Gasteiger partial charge in [-0.05, 0) is 197 Å². The molecule has 1 aliphatic carbocycles. The molecule has 0 N–H and O–H groups in total. The molecule has 0 aliphatic heterocycles. The van der Waals surface area contributed by atoms with Gasteiger partial charge in [0, 0.05) is 22.2 Å². The Morgan fingerprint density at radius 1 is 0.486 bits per heavy atom. The van der Waals surface area contributed by atoms with Crippen LogP contribution in [-0.2, 0) is 11.8 Å². The van der Waals surface area contributed by atoms with Gasteiger partial charge in [-0.1, -0.05) is 174 Å². The van der Waals surface area contributed by atoms with Crippen molar-refractivity contribution in [1.29, 1.82) is 0 Å². The van der Waals surface area contributed by atoms with E-state index in [-0.39, 0.29) is 11.2 Å². The zero-order chi connectivity index (χ0) is 50.0. The Labute approximate surface area is 420 Å². The molecule has 0 saturated heterocycles. The maximum absolute atomic E-state index is 12.6. The summed E-state index contributed by atoms with van der Waals surface area (Å²) >= 11 is 0. The van der Waals surface area contributed by atoms with Gasteiger partial charge in [0.2, 0.25) is 0 Å². The van der Waals surface area contributed by atoms with Crippen LogP contribution in [0.5, 0.6) is 0 Å². The number of halogens is 1. The van der Waals surface area contributed by atoms with Gasteiger partial charge in [-0.15, -0.1) is 9.24 Å². The lowest BCUT2D eigenvalue weighted by molar-refractivity contribution is 0.617. The molecule has 9 aromatic carbocycles. The number of hydrogen-bond acceptors (Lipinski definition) is 1. The summed E-state index contributed by atoms with van der Waals surface area (Å²) in [6.07, 6.45) is 1.08. The normalized spacial score (nSPS) is 12.2. The second kappa shape index (κ2) is 20.8. The summed E-state index contributed by atoms with van der Waals surface area (Å²) in [5.41, 5.74) is 25.3. The van der Waals surface area contributed by atoms with Crippen LogP contribution in [0.25, 0.3) is 44.2 Å². The summed E-state index contributed by atoms with van der Waals surface area (Å²) in [7, 11) is 2.94. The van der Waals surface area contributed by atoms with Gasteiger partial charge in [0.1, 0.15) is 5.82 Å². The van der Waals surface area contributed by atoms with Crippen LogP contribution < -0.4 is 10.2 Å². The maximum atomic E-state index is 12.6. The van der Waals surface area contributed by atoms with E-state index in [4.69, 9.17) is 0 Å². The van der Waals surface area contributed by atoms with Crippen molar-refractivity contribution < 1.29 is 4.39 Å². The van der Waals surface area contributed by atoms with Crippen molar-refractivity contribution >= 4 is 42.4 Å². The molecule has 1 aliphatic rings. The van der Waals surface area contributed by atoms with Gasteiger partial charge in [-0.2, -0.15) is 0 Å². The zero-order valence-electron chi connectivity index (χ0n) is 43.4. The Morgan fingerprint density at radius 3 is 1.70 bits per heavy atom. The van der Waals surface area contributed by atoms with E-state index in [1.54, 1.807) is 13.0 Å². The number of anilines is 3. The van der Waals surface area contributed by atoms with Crippen LogP contribution in [0, 0.1) is 54.3 Å². The number of nitrogens with zero attached hydrogens (tertiary/aromatic N) is 1. The number of rotatable bonds is 7. The molecule has 70 heavy (non-hydrogen) atoms. The van der Waals surface area contributed by atoms with Crippen molar-refractivity contribution in [3.05, 3.63) is 237 Å². The molecule has 9 aromatic rings. The predicted molar refractivity (Wildman–Crippen MR) is 306 cm³/mol. The van der Waals surface area contributed by atoms with Crippen molar-refractivity contribution in [2.45, 2.75) is 101 Å². The highest BCUT2D eigenvalue weighted by Gasteiger charge is 2.38. The fraction of sp³-hybridized carbons (Fsp3) is 0.224. The molecule has 0 bridgehead atoms. The van der Waals surface area contributed by atoms with Crippen molar-refractivity contribution in [3.63, 3.8) is 0 Å². The molecule has 0 saturated carbocycles. The van der Waals surface area contributed by atoms with Crippen LogP contribution in [0.2, 0.25) is 0 Å². The summed E-state index contributed by atoms with van der Waals surface area (Å²) in [6.45, 7) is 26.1. The summed E-state index contributed by atoms with van der Waals surface area (Å²) in [6, 6.07) is 61.6. The molecule has 354 valence electrons. The van der Waals surface area contributed by atoms with E-state index in [2.05, 4.69) is 235 Å². The van der Waals surface area contributed by atoms with E-state index in [1.807, 2.05) is 13.0 Å². The summed E-state index contributed by atoms with van der Waals surface area (Å²) in [4.78, 5) is 2.47. The second-order valence-corrected chi connectivity index (χ2v) is 20.8. The minimum Gasteiger partial charge on any atom is -0.310 e. The largest absolute Gasteiger partial charge is 0.310 e. The van der Waals surface area contributed by atoms with Gasteiger partial charge in [0.05, 0.1) is 5.69 Å². The molecule has 1 atom stereocenters. The lowest BCUT2D eigenvalue weighted by Crippen LogP contribution is -2.17. The van der Waals surface area contributed by atoms with Gasteiger partial charge in [0.25, 0.3) is 0 Å². The van der Waals surface area contributed by atoms with E-state index < -0.39 is 0 Å². The van der Waals surface area contributed by atoms with Gasteiger partial charge in [-0.3, -0.25) is 0 Å². The molecule has 0 radical (unpaired) electrons. The van der Waals surface area contributed by atoms with Crippen LogP contribution >= 0.6 is 9.24 Å². The maximum Gasteiger partial charge on any atom is 0.126 e. The summed E-state index contributed by atoms with van der Waals surface area (Å²) in [5, 5.41) is 3.78. The molecule has 0 fully saturated rings. The van der Waals surface area contributed by atoms with Crippen LogP contribution in [0.15, 0.2) is 170 Å². The standard InChI is InChI=1S/C41H38NP.C18H22.C8H9F/c1-25-15-19-35-36(21-25)41(5,6)37-24-38(33-13-9-10-14-34(33)40(35)37)42(30-17-16-27(3)39(43)23-30)29-18-20-32(28(4)22-29)31-12-8-7-11-26(31)2;1-5-15-8-6-7-9-18(15)17-11-10-16(13(2)3)12-14(17)4;1-6-3-4-7(2)8(9)5-6/h7-24H,43H2,1-6H3;6-13H,5H2,1-4H3;3-5H,1-2H3. The summed E-state index contributed by atoms with van der Waals surface area (Å²) in [5.74, 6) is 0.481. The Hall–Kier alpha value is -6.60. The first-order chi connectivity index (χ1) is 33.5. The van der Waals surface area contributed by atoms with Gasteiger partial charge >= 0.3 is 0 Å². The molecule has 0 spiro atoms. The molecule has 1 unspecified atom stereocenters. The van der Waals surface area contributed by atoms with E-state index in [1.165, 1.54) is 111 Å². The molecular weight excluding hydrogens is 869 g/mol. The quantitative estimate of drug-likeness (QED) is 0.144. The minimum absolute atomic E-state index is 0.106. The number of benzene rings is 9. The van der Waals surface area contributed by atoms with E-state index >= 15 is 0 Å². The third-order valence-corrected chi connectivity index (χ3v) is 15.0. The van der Waals surface area contributed by atoms with Crippen LogP contribution in [-0.4, -0.2) is 0 Å². The minimum atomic E-state index is -0.116. The first kappa shape index (κ1) is 49.8. The third kappa shape index (κ3) is 10.0. The van der Waals surface area contributed by atoms with Gasteiger partial charge in [-0.25, -0.2) is 4.39 Å². The fourth-order valence-corrected chi connectivity index (χ4v) is 10.4. The topological polar surface area (TPSA) is 3.24 Å². The Bertz CT molecular complexity index is 3370. The highest BCUT2D eigenvalue weighted by Crippen LogP contribution is 2.55. The highest BCUT2D eigenvalue weighted by molar-refractivity contribution is 7.27. The van der Waals surface area contributed by atoms with Crippen molar-refractivity contribution in [2.75, 3.05) is 4.90 Å². The average Bonchev–Trinajstić information content (AvgIpc) is 3.57. The van der Waals surface area contributed by atoms with Crippen LogP contribution in [0.3, 0.4) is 0 Å². The fourth-order valence-electron chi connectivity index (χ4n) is 10.2. The van der Waals surface area contributed by atoms with E-state index in [9.17, 15) is 4.39 Å². The van der Waals surface area contributed by atoms with Crippen LogP contribution in [0.4, 0.5) is 21.5 Å². The Kier molecular flexibility index (Phi) is 14.8. The van der Waals surface area contributed by atoms with Crippen LogP contribution in [0.1, 0.15) is 102 Å². The highest BCUT2D eigenvalue weighted by atomic mass is 31.0. The summed E-state index contributed by atoms with van der Waals surface area (Å²) < 4.78 is 12.6. The number of hydrogen-bond donors (Lipinski definition) is 0. The first-order valence-corrected chi connectivity index (χ1v) is 25.5. The SMILES string of the molecule is CCc1ccccc1-c1ccc(C(C)C)cc1C.Cc1ccc(C)c(F)c1.Cc1ccc2c(c1)C(C)(C)c1cc(N(c3ccc(-c4ccccc4C)c(C)c3)c3ccc(C)c(P)c3)c3ccccc3c1-2. The van der Waals surface area contributed by atoms with Crippen molar-refractivity contribution in [2.24, 2.45) is 0 Å². The molecule has 10 rings (SSSR count). The Balaban J connectivity index is 0.000000199. The Morgan fingerprint density at radius 2 is 1.04 bits per heavy atom. The average molecular weight is 938 g/mol. The zero-order valence-corrected chi connectivity index (χ0v) is 44.5. The molecule has 3 heteroatoms. The lowest BCUT2D eigenvalue weighted by atomic mass is 9.81. The molecule has 1 nitrogen and oxygen atoms in total. The van der Waals surface area contributed by atoms with E-state index in [0.29, 0.717) is 11.5 Å². The lowest BCUT2D eigenvalue weighted by Gasteiger charge is -2.30. The monoisotopic (exact) mass is 938 g/mol. The molecule has 0 heterocycles. The van der Waals surface area contributed by atoms with E-state index in [0.717, 1.165) is 23.4 Å². The molecule has 0 amide bonds. The second-order valence-electron chi connectivity index (χ2n) is 20.2. The third-order valence-electron chi connectivity index (χ3n) is 14.4. The molecular formula is C67H69FNP. The number of aryl methyl sites for hydroxylation is 8. The first-order valence-electron chi connectivity index (χ1n) is 24.9.